The molecule has 0 aliphatic heterocycles. The third-order valence-electron chi connectivity index (χ3n) is 6.24. The number of benzene rings is 1. The number of aromatic amines is 2. The van der Waals surface area contributed by atoms with E-state index in [1.807, 2.05) is 39.0 Å². The average molecular weight is 507 g/mol. The summed E-state index contributed by atoms with van der Waals surface area (Å²) < 4.78 is 14.1. The highest BCUT2D eigenvalue weighted by atomic mass is 19.1. The molecule has 0 atom stereocenters. The Kier molecular flexibility index (Phi) is 5.64. The van der Waals surface area contributed by atoms with Crippen LogP contribution in [0.4, 0.5) is 10.1 Å². The van der Waals surface area contributed by atoms with Crippen molar-refractivity contribution in [1.82, 2.24) is 35.1 Å². The van der Waals surface area contributed by atoms with Crippen molar-refractivity contribution >= 4 is 33.5 Å². The molecule has 0 saturated heterocycles. The maximum Gasteiger partial charge on any atom is 0.226 e. The zero-order chi connectivity index (χ0) is 26.4. The molecule has 9 nitrogen and oxygen atoms in total. The van der Waals surface area contributed by atoms with Crippen LogP contribution in [0.25, 0.3) is 55.8 Å². The number of aryl methyl sites for hydroxylation is 1. The van der Waals surface area contributed by atoms with Gasteiger partial charge in [-0.25, -0.2) is 9.37 Å². The van der Waals surface area contributed by atoms with E-state index in [9.17, 15) is 9.18 Å². The number of aromatic nitrogens is 7. The van der Waals surface area contributed by atoms with Crippen LogP contribution in [0.5, 0.6) is 0 Å². The molecule has 0 unspecified atom stereocenters. The van der Waals surface area contributed by atoms with Crippen LogP contribution in [0.15, 0.2) is 61.3 Å². The van der Waals surface area contributed by atoms with Gasteiger partial charge in [0.25, 0.3) is 0 Å². The molecular formula is C28H23FN8O. The summed E-state index contributed by atoms with van der Waals surface area (Å²) in [4.78, 5) is 33.4. The summed E-state index contributed by atoms with van der Waals surface area (Å²) in [5, 5.41) is 11.2. The third kappa shape index (κ3) is 4.26. The van der Waals surface area contributed by atoms with E-state index in [0.29, 0.717) is 39.5 Å². The molecule has 38 heavy (non-hydrogen) atoms. The predicted octanol–water partition coefficient (Wildman–Crippen LogP) is 5.67. The molecule has 6 aromatic rings. The standard InChI is InChI=1S/C28H23FN8O/c1-14(2)28(38)33-19-7-17(9-30-10-19)22-8-20-23(13-32-22)36-37-26(20)27-34-24-12-31-11-21(25(24)35-27)16-4-15(3)5-18(29)6-16/h4-14H,1-3H3,(H,33,38)(H,34,35)(H,36,37). The number of nitrogens with one attached hydrogen (secondary N) is 3. The van der Waals surface area contributed by atoms with Crippen LogP contribution >= 0.6 is 0 Å². The van der Waals surface area contributed by atoms with Crippen LogP contribution in [-0.4, -0.2) is 41.0 Å². The highest BCUT2D eigenvalue weighted by molar-refractivity contribution is 5.97. The zero-order valence-electron chi connectivity index (χ0n) is 20.9. The monoisotopic (exact) mass is 506 g/mol. The summed E-state index contributed by atoms with van der Waals surface area (Å²) >= 11 is 0. The number of rotatable bonds is 5. The Morgan fingerprint density at radius 2 is 1.79 bits per heavy atom. The number of nitrogens with zero attached hydrogens (tertiary/aromatic N) is 5. The molecule has 5 aromatic heterocycles. The molecule has 0 aliphatic rings. The second-order valence-corrected chi connectivity index (χ2v) is 9.48. The minimum atomic E-state index is -0.312. The number of pyridine rings is 3. The first-order valence-corrected chi connectivity index (χ1v) is 12.1. The number of amides is 1. The molecule has 1 aromatic carbocycles. The summed E-state index contributed by atoms with van der Waals surface area (Å²) in [5.41, 5.74) is 6.98. The molecule has 0 saturated carbocycles. The fraction of sp³-hybridized carbons (Fsp3) is 0.143. The highest BCUT2D eigenvalue weighted by Crippen LogP contribution is 2.32. The highest BCUT2D eigenvalue weighted by Gasteiger charge is 2.17. The quantitative estimate of drug-likeness (QED) is 0.277. The smallest absolute Gasteiger partial charge is 0.226 e. The lowest BCUT2D eigenvalue weighted by molar-refractivity contribution is -0.118. The minimum absolute atomic E-state index is 0.0865. The van der Waals surface area contributed by atoms with E-state index in [1.165, 1.54) is 12.1 Å². The maximum absolute atomic E-state index is 14.1. The Hall–Kier alpha value is -4.99. The number of carbonyl (C=O) groups is 1. The van der Waals surface area contributed by atoms with E-state index < -0.39 is 0 Å². The SMILES string of the molecule is Cc1cc(F)cc(-c2cncc3[nH]c(-c4n[nH]c5cnc(-c6cncc(NC(=O)C(C)C)c6)cc45)nc23)c1. The van der Waals surface area contributed by atoms with Crippen LogP contribution in [0.2, 0.25) is 0 Å². The molecule has 0 spiro atoms. The molecule has 0 radical (unpaired) electrons. The number of imidazole rings is 1. The van der Waals surface area contributed by atoms with Crippen LogP contribution < -0.4 is 5.32 Å². The minimum Gasteiger partial charge on any atom is -0.335 e. The lowest BCUT2D eigenvalue weighted by Gasteiger charge is -2.08. The maximum atomic E-state index is 14.1. The zero-order valence-corrected chi connectivity index (χ0v) is 20.9. The van der Waals surface area contributed by atoms with Gasteiger partial charge in [-0.3, -0.25) is 24.8 Å². The van der Waals surface area contributed by atoms with E-state index >= 15 is 0 Å². The van der Waals surface area contributed by atoms with Gasteiger partial charge in [-0.2, -0.15) is 5.10 Å². The van der Waals surface area contributed by atoms with Crippen molar-refractivity contribution in [3.63, 3.8) is 0 Å². The predicted molar refractivity (Wildman–Crippen MR) is 144 cm³/mol. The van der Waals surface area contributed by atoms with Crippen molar-refractivity contribution in [3.8, 4) is 33.9 Å². The number of fused-ring (bicyclic) bond motifs is 2. The number of carbonyl (C=O) groups excluding carboxylic acids is 1. The van der Waals surface area contributed by atoms with Gasteiger partial charge >= 0.3 is 0 Å². The first-order chi connectivity index (χ1) is 18.4. The Bertz CT molecular complexity index is 1820. The van der Waals surface area contributed by atoms with Crippen molar-refractivity contribution < 1.29 is 9.18 Å². The van der Waals surface area contributed by atoms with Crippen molar-refractivity contribution in [2.24, 2.45) is 5.92 Å². The molecule has 6 rings (SSSR count). The van der Waals surface area contributed by atoms with Gasteiger partial charge in [0.05, 0.1) is 46.5 Å². The molecule has 188 valence electrons. The van der Waals surface area contributed by atoms with Gasteiger partial charge in [-0.15, -0.1) is 0 Å². The fourth-order valence-electron chi connectivity index (χ4n) is 4.34. The molecule has 5 heterocycles. The summed E-state index contributed by atoms with van der Waals surface area (Å²) in [7, 11) is 0. The average Bonchev–Trinajstić information content (AvgIpc) is 3.51. The first-order valence-electron chi connectivity index (χ1n) is 12.1. The molecule has 0 fully saturated rings. The van der Waals surface area contributed by atoms with Gasteiger partial charge in [0.15, 0.2) is 5.82 Å². The van der Waals surface area contributed by atoms with Gasteiger partial charge in [0.2, 0.25) is 5.91 Å². The van der Waals surface area contributed by atoms with E-state index in [-0.39, 0.29) is 17.6 Å². The number of halogens is 1. The fourth-order valence-corrected chi connectivity index (χ4v) is 4.34. The summed E-state index contributed by atoms with van der Waals surface area (Å²) in [5.74, 6) is -0.00187. The van der Waals surface area contributed by atoms with Crippen LogP contribution in [-0.2, 0) is 4.79 Å². The van der Waals surface area contributed by atoms with Crippen LogP contribution in [0, 0.1) is 18.7 Å². The number of hydrogen-bond acceptors (Lipinski definition) is 6. The normalized spacial score (nSPS) is 11.5. The van der Waals surface area contributed by atoms with Gasteiger partial charge < -0.3 is 10.3 Å². The van der Waals surface area contributed by atoms with Gasteiger partial charge in [0, 0.05) is 34.8 Å². The lowest BCUT2D eigenvalue weighted by Crippen LogP contribution is -2.17. The van der Waals surface area contributed by atoms with Crippen molar-refractivity contribution in [2.75, 3.05) is 5.32 Å². The second kappa shape index (κ2) is 9.15. The van der Waals surface area contributed by atoms with E-state index in [2.05, 4.69) is 35.5 Å². The molecule has 10 heteroatoms. The molecule has 1 amide bonds. The van der Waals surface area contributed by atoms with Crippen molar-refractivity contribution in [3.05, 3.63) is 72.7 Å². The lowest BCUT2D eigenvalue weighted by atomic mass is 10.0. The van der Waals surface area contributed by atoms with Crippen molar-refractivity contribution in [2.45, 2.75) is 20.8 Å². The largest absolute Gasteiger partial charge is 0.335 e. The third-order valence-corrected chi connectivity index (χ3v) is 6.24. The molecule has 0 aliphatic carbocycles. The van der Waals surface area contributed by atoms with Crippen molar-refractivity contribution in [1.29, 1.82) is 0 Å². The Balaban J connectivity index is 1.42. The summed E-state index contributed by atoms with van der Waals surface area (Å²) in [6, 6.07) is 8.60. The molecular weight excluding hydrogens is 483 g/mol. The van der Waals surface area contributed by atoms with Gasteiger partial charge in [0.1, 0.15) is 11.5 Å². The number of H-pyrrole nitrogens is 2. The van der Waals surface area contributed by atoms with Gasteiger partial charge in [-0.1, -0.05) is 19.9 Å². The Morgan fingerprint density at radius 1 is 0.947 bits per heavy atom. The number of hydrogen-bond donors (Lipinski definition) is 3. The van der Waals surface area contributed by atoms with E-state index in [4.69, 9.17) is 4.98 Å². The molecule has 0 bridgehead atoms. The topological polar surface area (TPSA) is 125 Å². The molecule has 3 N–H and O–H groups in total. The summed E-state index contributed by atoms with van der Waals surface area (Å²) in [6.45, 7) is 5.51. The van der Waals surface area contributed by atoms with Crippen LogP contribution in [0.3, 0.4) is 0 Å². The van der Waals surface area contributed by atoms with Gasteiger partial charge in [-0.05, 0) is 42.3 Å². The van der Waals surface area contributed by atoms with E-state index in [0.717, 1.165) is 27.6 Å². The second-order valence-electron chi connectivity index (χ2n) is 9.48. The summed E-state index contributed by atoms with van der Waals surface area (Å²) in [6.07, 6.45) is 8.37. The Morgan fingerprint density at radius 3 is 2.61 bits per heavy atom. The van der Waals surface area contributed by atoms with Crippen LogP contribution in [0.1, 0.15) is 19.4 Å². The Labute approximate surface area is 216 Å². The first kappa shape index (κ1) is 23.4. The number of anilines is 1. The van der Waals surface area contributed by atoms with E-state index in [1.54, 1.807) is 31.0 Å².